The van der Waals surface area contributed by atoms with Crippen LogP contribution in [0.2, 0.25) is 0 Å². The quantitative estimate of drug-likeness (QED) is 0.374. The Kier molecular flexibility index (Phi) is 6.92. The molecule has 3 aromatic rings. The average Bonchev–Trinajstić information content (AvgIpc) is 3.68. The van der Waals surface area contributed by atoms with E-state index in [1.165, 1.54) is 12.0 Å². The minimum absolute atomic E-state index is 0.000996. The number of aryl methyl sites for hydroxylation is 2. The van der Waals surface area contributed by atoms with Gasteiger partial charge < -0.3 is 20.1 Å². The summed E-state index contributed by atoms with van der Waals surface area (Å²) >= 11 is 0. The van der Waals surface area contributed by atoms with Crippen molar-refractivity contribution in [2.75, 3.05) is 25.5 Å². The van der Waals surface area contributed by atoms with Crippen LogP contribution in [0.3, 0.4) is 0 Å². The lowest BCUT2D eigenvalue weighted by Crippen LogP contribution is -2.47. The van der Waals surface area contributed by atoms with E-state index in [9.17, 15) is 22.8 Å². The predicted octanol–water partition coefficient (Wildman–Crippen LogP) is 5.31. The van der Waals surface area contributed by atoms with E-state index in [4.69, 9.17) is 9.84 Å². The average molecular weight is 541 g/mol. The second-order valence-corrected chi connectivity index (χ2v) is 9.91. The van der Waals surface area contributed by atoms with Gasteiger partial charge in [0.2, 0.25) is 5.95 Å². The Balaban J connectivity index is 1.33. The SMILES string of the molecule is COC(=O)C1(c2ccccc2CCc2nc(Nc3ccc(C4CN(C(=O)O)C4)cc3)ncc2C(F)(F)F)CC1. The Morgan fingerprint density at radius 3 is 2.41 bits per heavy atom. The molecule has 5 rings (SSSR count). The van der Waals surface area contributed by atoms with E-state index in [0.29, 0.717) is 31.6 Å². The van der Waals surface area contributed by atoms with Crippen LogP contribution in [0, 0.1) is 0 Å². The fraction of sp³-hybridized carbons (Fsp3) is 0.357. The number of nitrogens with one attached hydrogen (secondary N) is 1. The molecule has 0 unspecified atom stereocenters. The van der Waals surface area contributed by atoms with Gasteiger partial charge in [-0.05, 0) is 54.5 Å². The fourth-order valence-electron chi connectivity index (χ4n) is 5.08. The zero-order chi connectivity index (χ0) is 27.8. The molecule has 2 aliphatic rings. The zero-order valence-electron chi connectivity index (χ0n) is 21.2. The van der Waals surface area contributed by atoms with Crippen LogP contribution < -0.4 is 5.32 Å². The van der Waals surface area contributed by atoms with Crippen molar-refractivity contribution in [3.8, 4) is 0 Å². The van der Waals surface area contributed by atoms with Gasteiger partial charge in [-0.3, -0.25) is 4.79 Å². The minimum Gasteiger partial charge on any atom is -0.468 e. The number of carbonyl (C=O) groups is 2. The number of hydrogen-bond donors (Lipinski definition) is 2. The standard InChI is InChI=1S/C28H27F3N4O4/c1-39-24(36)27(12-13-27)21-5-3-2-4-18(21)8-11-23-22(28(29,30)31)14-32-25(34-23)33-20-9-6-17(7-10-20)19-15-35(16-19)26(37)38/h2-7,9-10,14,19H,8,11-13,15-16H2,1H3,(H,37,38)(H,32,33,34). The van der Waals surface area contributed by atoms with Gasteiger partial charge in [-0.2, -0.15) is 13.2 Å². The van der Waals surface area contributed by atoms with Gasteiger partial charge in [0.15, 0.2) is 0 Å². The molecule has 11 heteroatoms. The Labute approximate surface area is 222 Å². The van der Waals surface area contributed by atoms with Crippen molar-refractivity contribution in [3.05, 3.63) is 82.7 Å². The van der Waals surface area contributed by atoms with E-state index in [0.717, 1.165) is 22.9 Å². The number of nitrogens with zero attached hydrogens (tertiary/aromatic N) is 3. The number of esters is 1. The maximum atomic E-state index is 13.8. The molecule has 1 aliphatic carbocycles. The number of rotatable bonds is 8. The summed E-state index contributed by atoms with van der Waals surface area (Å²) in [5, 5.41) is 12.0. The number of methoxy groups -OCH3 is 1. The van der Waals surface area contributed by atoms with E-state index < -0.39 is 23.2 Å². The monoisotopic (exact) mass is 540 g/mol. The smallest absolute Gasteiger partial charge is 0.419 e. The third kappa shape index (κ3) is 5.39. The maximum absolute atomic E-state index is 13.8. The summed E-state index contributed by atoms with van der Waals surface area (Å²) in [6, 6.07) is 14.5. The zero-order valence-corrected chi connectivity index (χ0v) is 21.2. The lowest BCUT2D eigenvalue weighted by atomic mass is 9.89. The summed E-state index contributed by atoms with van der Waals surface area (Å²) in [6.45, 7) is 0.856. The fourth-order valence-corrected chi connectivity index (χ4v) is 5.08. The van der Waals surface area contributed by atoms with Gasteiger partial charge in [-0.1, -0.05) is 36.4 Å². The van der Waals surface area contributed by atoms with Gasteiger partial charge in [0.1, 0.15) is 0 Å². The molecule has 8 nitrogen and oxygen atoms in total. The Bertz CT molecular complexity index is 1380. The molecule has 2 N–H and O–H groups in total. The Hall–Kier alpha value is -4.15. The molecule has 0 radical (unpaired) electrons. The van der Waals surface area contributed by atoms with Crippen molar-refractivity contribution >= 4 is 23.7 Å². The summed E-state index contributed by atoms with van der Waals surface area (Å²) < 4.78 is 46.4. The Morgan fingerprint density at radius 2 is 1.79 bits per heavy atom. The number of likely N-dealkylation sites (tertiary alicyclic amines) is 1. The number of ether oxygens (including phenoxy) is 1. The summed E-state index contributed by atoms with van der Waals surface area (Å²) in [7, 11) is 1.34. The number of carboxylic acid groups (broad SMARTS) is 1. The molecule has 1 amide bonds. The number of anilines is 2. The summed E-state index contributed by atoms with van der Waals surface area (Å²) in [5.74, 6) is -0.184. The molecule has 0 atom stereocenters. The van der Waals surface area contributed by atoms with Crippen molar-refractivity contribution in [1.29, 1.82) is 0 Å². The first kappa shape index (κ1) is 26.5. The second-order valence-electron chi connectivity index (χ2n) is 9.91. The third-order valence-corrected chi connectivity index (χ3v) is 7.45. The molecular formula is C28H27F3N4O4. The summed E-state index contributed by atoms with van der Waals surface area (Å²) in [4.78, 5) is 32.8. The second kappa shape index (κ2) is 10.2. The lowest BCUT2D eigenvalue weighted by molar-refractivity contribution is -0.143. The number of halogens is 3. The van der Waals surface area contributed by atoms with E-state index in [1.54, 1.807) is 18.2 Å². The van der Waals surface area contributed by atoms with Crippen LogP contribution in [0.15, 0.2) is 54.7 Å². The van der Waals surface area contributed by atoms with E-state index in [2.05, 4.69) is 15.3 Å². The first-order valence-corrected chi connectivity index (χ1v) is 12.6. The number of alkyl halides is 3. The largest absolute Gasteiger partial charge is 0.468 e. The van der Waals surface area contributed by atoms with Gasteiger partial charge in [0, 0.05) is 30.9 Å². The molecular weight excluding hydrogens is 513 g/mol. The minimum atomic E-state index is -4.62. The molecule has 1 saturated heterocycles. The van der Waals surface area contributed by atoms with Crippen LogP contribution >= 0.6 is 0 Å². The Morgan fingerprint density at radius 1 is 1.10 bits per heavy atom. The van der Waals surface area contributed by atoms with Gasteiger partial charge in [0.25, 0.3) is 0 Å². The highest BCUT2D eigenvalue weighted by Crippen LogP contribution is 2.50. The van der Waals surface area contributed by atoms with Crippen molar-refractivity contribution < 1.29 is 32.6 Å². The predicted molar refractivity (Wildman–Crippen MR) is 136 cm³/mol. The number of carbonyl (C=O) groups excluding carboxylic acids is 1. The van der Waals surface area contributed by atoms with Crippen LogP contribution in [0.5, 0.6) is 0 Å². The molecule has 1 aromatic heterocycles. The van der Waals surface area contributed by atoms with E-state index >= 15 is 0 Å². The van der Waals surface area contributed by atoms with Gasteiger partial charge in [-0.25, -0.2) is 14.8 Å². The van der Waals surface area contributed by atoms with Crippen molar-refractivity contribution in [3.63, 3.8) is 0 Å². The summed E-state index contributed by atoms with van der Waals surface area (Å²) in [6.07, 6.45) is -3.23. The molecule has 39 heavy (non-hydrogen) atoms. The molecule has 2 aromatic carbocycles. The van der Waals surface area contributed by atoms with Crippen molar-refractivity contribution in [1.82, 2.24) is 14.9 Å². The molecule has 2 fully saturated rings. The van der Waals surface area contributed by atoms with Crippen molar-refractivity contribution in [2.45, 2.75) is 43.2 Å². The van der Waals surface area contributed by atoms with Gasteiger partial charge in [-0.15, -0.1) is 0 Å². The maximum Gasteiger partial charge on any atom is 0.419 e. The van der Waals surface area contributed by atoms with E-state index in [-0.39, 0.29) is 36.4 Å². The first-order valence-electron chi connectivity index (χ1n) is 12.6. The molecule has 0 spiro atoms. The summed E-state index contributed by atoms with van der Waals surface area (Å²) in [5.41, 5.74) is 1.38. The van der Waals surface area contributed by atoms with Crippen LogP contribution in [0.25, 0.3) is 0 Å². The van der Waals surface area contributed by atoms with Crippen molar-refractivity contribution in [2.24, 2.45) is 0 Å². The number of aromatic nitrogens is 2. The number of amides is 1. The third-order valence-electron chi connectivity index (χ3n) is 7.45. The lowest BCUT2D eigenvalue weighted by Gasteiger charge is -2.37. The topological polar surface area (TPSA) is 105 Å². The molecule has 1 saturated carbocycles. The molecule has 2 heterocycles. The van der Waals surface area contributed by atoms with Crippen LogP contribution in [-0.4, -0.2) is 52.2 Å². The molecule has 0 bridgehead atoms. The van der Waals surface area contributed by atoms with Crippen LogP contribution in [-0.2, 0) is 34.0 Å². The highest BCUT2D eigenvalue weighted by atomic mass is 19.4. The van der Waals surface area contributed by atoms with E-state index in [1.807, 2.05) is 30.3 Å². The first-order chi connectivity index (χ1) is 18.6. The number of benzene rings is 2. The van der Waals surface area contributed by atoms with Crippen LogP contribution in [0.4, 0.5) is 29.6 Å². The highest BCUT2D eigenvalue weighted by Gasteiger charge is 2.53. The van der Waals surface area contributed by atoms with Gasteiger partial charge >= 0.3 is 18.2 Å². The highest BCUT2D eigenvalue weighted by molar-refractivity contribution is 5.87. The number of hydrogen-bond acceptors (Lipinski definition) is 6. The van der Waals surface area contributed by atoms with Crippen LogP contribution in [0.1, 0.15) is 46.7 Å². The normalized spacial score (nSPS) is 16.4. The molecule has 204 valence electrons. The molecule has 1 aliphatic heterocycles. The van der Waals surface area contributed by atoms with Gasteiger partial charge in [0.05, 0.1) is 23.8 Å².